The van der Waals surface area contributed by atoms with Crippen molar-refractivity contribution < 1.29 is 0 Å². The van der Waals surface area contributed by atoms with Crippen LogP contribution < -0.4 is 0 Å². The number of rotatable bonds is 2. The van der Waals surface area contributed by atoms with Crippen molar-refractivity contribution in [2.24, 2.45) is 0 Å². The topological polar surface area (TPSA) is 25.8 Å². The third-order valence-electron chi connectivity index (χ3n) is 4.10. The standard InChI is InChI=1S/C13H16Cl2N2/c14-11-10(8-4-1-2-5-8)12(15)17-13(16-11)9-6-3-7-9/h8-9H,1-7H2. The van der Waals surface area contributed by atoms with Gasteiger partial charge >= 0.3 is 0 Å². The van der Waals surface area contributed by atoms with Crippen LogP contribution in [0.4, 0.5) is 0 Å². The second-order valence-electron chi connectivity index (χ2n) is 5.19. The van der Waals surface area contributed by atoms with Gasteiger partial charge in [0.05, 0.1) is 0 Å². The molecule has 0 spiro atoms. The first kappa shape index (κ1) is 11.7. The summed E-state index contributed by atoms with van der Waals surface area (Å²) >= 11 is 12.6. The molecule has 2 nitrogen and oxygen atoms in total. The summed E-state index contributed by atoms with van der Waals surface area (Å²) in [5.74, 6) is 1.82. The molecule has 3 rings (SSSR count). The molecule has 2 aliphatic rings. The Balaban J connectivity index is 1.93. The monoisotopic (exact) mass is 270 g/mol. The lowest BCUT2D eigenvalue weighted by molar-refractivity contribution is 0.401. The summed E-state index contributed by atoms with van der Waals surface area (Å²) < 4.78 is 0. The first-order valence-electron chi connectivity index (χ1n) is 6.48. The predicted molar refractivity (Wildman–Crippen MR) is 69.9 cm³/mol. The molecule has 0 aromatic carbocycles. The molecule has 0 radical (unpaired) electrons. The van der Waals surface area contributed by atoms with Gasteiger partial charge in [-0.3, -0.25) is 0 Å². The Morgan fingerprint density at radius 2 is 1.29 bits per heavy atom. The van der Waals surface area contributed by atoms with E-state index in [-0.39, 0.29) is 0 Å². The third-order valence-corrected chi connectivity index (χ3v) is 4.68. The molecule has 1 aromatic heterocycles. The summed E-state index contributed by atoms with van der Waals surface area (Å²) in [7, 11) is 0. The highest BCUT2D eigenvalue weighted by Gasteiger charge is 2.28. The minimum Gasteiger partial charge on any atom is -0.221 e. The van der Waals surface area contributed by atoms with Gasteiger partial charge in [-0.15, -0.1) is 0 Å². The Kier molecular flexibility index (Phi) is 3.27. The van der Waals surface area contributed by atoms with Crippen LogP contribution in [0.25, 0.3) is 0 Å². The van der Waals surface area contributed by atoms with Crippen LogP contribution in [-0.2, 0) is 0 Å². The average Bonchev–Trinajstić information content (AvgIpc) is 2.66. The van der Waals surface area contributed by atoms with Crippen LogP contribution in [0, 0.1) is 0 Å². The summed E-state index contributed by atoms with van der Waals surface area (Å²) in [5, 5.41) is 1.19. The predicted octanol–water partition coefficient (Wildman–Crippen LogP) is 4.71. The quantitative estimate of drug-likeness (QED) is 0.728. The molecule has 0 N–H and O–H groups in total. The van der Waals surface area contributed by atoms with Crippen LogP contribution in [-0.4, -0.2) is 9.97 Å². The SMILES string of the molecule is Clc1nc(C2CCC2)nc(Cl)c1C1CCCC1. The normalized spacial score (nSPS) is 21.8. The van der Waals surface area contributed by atoms with Crippen molar-refractivity contribution in [1.29, 1.82) is 0 Å². The molecule has 0 unspecified atom stereocenters. The zero-order valence-electron chi connectivity index (χ0n) is 9.75. The van der Waals surface area contributed by atoms with Gasteiger partial charge in [0.25, 0.3) is 0 Å². The van der Waals surface area contributed by atoms with Crippen LogP contribution in [0.1, 0.15) is 68.2 Å². The zero-order valence-corrected chi connectivity index (χ0v) is 11.3. The second-order valence-corrected chi connectivity index (χ2v) is 5.90. The first-order valence-corrected chi connectivity index (χ1v) is 7.24. The van der Waals surface area contributed by atoms with E-state index in [2.05, 4.69) is 9.97 Å². The number of halogens is 2. The fourth-order valence-electron chi connectivity index (χ4n) is 2.83. The second kappa shape index (κ2) is 4.74. The number of aromatic nitrogens is 2. The fraction of sp³-hybridized carbons (Fsp3) is 0.692. The number of hydrogen-bond donors (Lipinski definition) is 0. The van der Waals surface area contributed by atoms with Gasteiger partial charge in [0.1, 0.15) is 16.1 Å². The van der Waals surface area contributed by atoms with Gasteiger partial charge in [-0.1, -0.05) is 42.5 Å². The fourth-order valence-corrected chi connectivity index (χ4v) is 3.54. The highest BCUT2D eigenvalue weighted by Crippen LogP contribution is 2.42. The van der Waals surface area contributed by atoms with Crippen LogP contribution in [0.2, 0.25) is 10.3 Å². The first-order chi connectivity index (χ1) is 8.25. The lowest BCUT2D eigenvalue weighted by Gasteiger charge is -2.24. The van der Waals surface area contributed by atoms with E-state index in [1.807, 2.05) is 0 Å². The summed E-state index contributed by atoms with van der Waals surface area (Å²) in [6.07, 6.45) is 8.50. The molecule has 1 aromatic rings. The van der Waals surface area contributed by atoms with E-state index in [0.717, 1.165) is 11.4 Å². The van der Waals surface area contributed by atoms with Gasteiger partial charge in [0, 0.05) is 11.5 Å². The molecule has 17 heavy (non-hydrogen) atoms. The summed E-state index contributed by atoms with van der Waals surface area (Å²) in [4.78, 5) is 8.94. The van der Waals surface area contributed by atoms with Gasteiger partial charge in [-0.25, -0.2) is 9.97 Å². The Bertz CT molecular complexity index is 400. The third kappa shape index (κ3) is 2.17. The Labute approximate surface area is 112 Å². The Morgan fingerprint density at radius 3 is 1.76 bits per heavy atom. The zero-order chi connectivity index (χ0) is 11.8. The van der Waals surface area contributed by atoms with Gasteiger partial charge in [-0.05, 0) is 31.6 Å². The van der Waals surface area contributed by atoms with Gasteiger partial charge in [0.2, 0.25) is 0 Å². The Hall–Kier alpha value is -0.340. The van der Waals surface area contributed by atoms with Crippen molar-refractivity contribution in [3.63, 3.8) is 0 Å². The smallest absolute Gasteiger partial charge is 0.137 e. The van der Waals surface area contributed by atoms with Crippen molar-refractivity contribution in [2.75, 3.05) is 0 Å². The van der Waals surface area contributed by atoms with Crippen molar-refractivity contribution in [3.05, 3.63) is 21.7 Å². The van der Waals surface area contributed by atoms with Gasteiger partial charge < -0.3 is 0 Å². The van der Waals surface area contributed by atoms with E-state index in [0.29, 0.717) is 22.1 Å². The highest BCUT2D eigenvalue weighted by atomic mass is 35.5. The molecule has 92 valence electrons. The lowest BCUT2D eigenvalue weighted by atomic mass is 9.85. The summed E-state index contributed by atoms with van der Waals surface area (Å²) in [6.45, 7) is 0. The van der Waals surface area contributed by atoms with E-state index in [1.54, 1.807) is 0 Å². The van der Waals surface area contributed by atoms with E-state index in [4.69, 9.17) is 23.2 Å². The molecule has 2 aliphatic carbocycles. The van der Waals surface area contributed by atoms with E-state index in [9.17, 15) is 0 Å². The minimum absolute atomic E-state index is 0.477. The van der Waals surface area contributed by atoms with Crippen molar-refractivity contribution in [2.45, 2.75) is 56.8 Å². The van der Waals surface area contributed by atoms with Crippen LogP contribution in [0.3, 0.4) is 0 Å². The summed E-state index contributed by atoms with van der Waals surface area (Å²) in [5.41, 5.74) is 0.994. The lowest BCUT2D eigenvalue weighted by Crippen LogP contribution is -2.14. The molecule has 0 atom stereocenters. The molecule has 0 bridgehead atoms. The maximum absolute atomic E-state index is 6.30. The molecule has 2 fully saturated rings. The largest absolute Gasteiger partial charge is 0.221 e. The highest BCUT2D eigenvalue weighted by molar-refractivity contribution is 6.34. The van der Waals surface area contributed by atoms with Crippen LogP contribution in [0.15, 0.2) is 0 Å². The summed E-state index contributed by atoms with van der Waals surface area (Å²) in [6, 6.07) is 0. The molecular formula is C13H16Cl2N2. The maximum Gasteiger partial charge on any atom is 0.137 e. The van der Waals surface area contributed by atoms with Crippen molar-refractivity contribution in [1.82, 2.24) is 9.97 Å². The minimum atomic E-state index is 0.477. The molecule has 1 heterocycles. The molecule has 0 saturated heterocycles. The van der Waals surface area contributed by atoms with Crippen LogP contribution in [0.5, 0.6) is 0 Å². The molecule has 0 amide bonds. The number of hydrogen-bond acceptors (Lipinski definition) is 2. The van der Waals surface area contributed by atoms with E-state index in [1.165, 1.54) is 44.9 Å². The van der Waals surface area contributed by atoms with Crippen molar-refractivity contribution >= 4 is 23.2 Å². The number of nitrogens with zero attached hydrogens (tertiary/aromatic N) is 2. The van der Waals surface area contributed by atoms with Gasteiger partial charge in [0.15, 0.2) is 0 Å². The van der Waals surface area contributed by atoms with E-state index >= 15 is 0 Å². The molecule has 2 saturated carbocycles. The Morgan fingerprint density at radius 1 is 0.765 bits per heavy atom. The maximum atomic E-state index is 6.30. The molecular weight excluding hydrogens is 255 g/mol. The average molecular weight is 271 g/mol. The molecule has 4 heteroatoms. The van der Waals surface area contributed by atoms with E-state index < -0.39 is 0 Å². The van der Waals surface area contributed by atoms with Crippen molar-refractivity contribution in [3.8, 4) is 0 Å². The molecule has 0 aliphatic heterocycles. The van der Waals surface area contributed by atoms with Gasteiger partial charge in [-0.2, -0.15) is 0 Å². The van der Waals surface area contributed by atoms with Crippen LogP contribution >= 0.6 is 23.2 Å².